The van der Waals surface area contributed by atoms with E-state index in [1.807, 2.05) is 0 Å². The van der Waals surface area contributed by atoms with Gasteiger partial charge in [-0.2, -0.15) is 0 Å². The molecule has 0 aromatic carbocycles. The van der Waals surface area contributed by atoms with Gasteiger partial charge in [0.05, 0.1) is 6.54 Å². The second kappa shape index (κ2) is 6.34. The first kappa shape index (κ1) is 13.6. The van der Waals surface area contributed by atoms with E-state index >= 15 is 0 Å². The zero-order chi connectivity index (χ0) is 12.8. The summed E-state index contributed by atoms with van der Waals surface area (Å²) in [4.78, 5) is 16.7. The van der Waals surface area contributed by atoms with Gasteiger partial charge in [-0.05, 0) is 24.4 Å². The van der Waals surface area contributed by atoms with Crippen LogP contribution in [0.5, 0.6) is 0 Å². The molecule has 17 heavy (non-hydrogen) atoms. The number of rotatable bonds is 7. The molecule has 0 aliphatic heterocycles. The number of aromatic nitrogens is 2. The highest BCUT2D eigenvalue weighted by atomic mass is 16.6. The van der Waals surface area contributed by atoms with Crippen molar-refractivity contribution in [3.63, 3.8) is 0 Å². The van der Waals surface area contributed by atoms with Gasteiger partial charge in [-0.25, -0.2) is 9.55 Å². The van der Waals surface area contributed by atoms with E-state index < -0.39 is 0 Å². The van der Waals surface area contributed by atoms with Gasteiger partial charge in [-0.1, -0.05) is 13.8 Å². The van der Waals surface area contributed by atoms with Gasteiger partial charge < -0.3 is 15.0 Å². The molecule has 0 spiro atoms. The van der Waals surface area contributed by atoms with Crippen molar-refractivity contribution in [2.75, 3.05) is 19.6 Å². The molecule has 0 aliphatic rings. The van der Waals surface area contributed by atoms with Gasteiger partial charge in [0, 0.05) is 13.5 Å². The third-order valence-electron chi connectivity index (χ3n) is 2.97. The fraction of sp³-hybridized carbons (Fsp3) is 0.727. The lowest BCUT2D eigenvalue weighted by Gasteiger charge is -2.17. The number of imidazole rings is 1. The SMILES string of the molecule is CCN(CC)CCCn1c([N+](=O)[O-])cnc1C. The molecule has 0 atom stereocenters. The minimum absolute atomic E-state index is 0.0852. The normalized spacial score (nSPS) is 11.1. The van der Waals surface area contributed by atoms with Gasteiger partial charge in [0.15, 0.2) is 5.82 Å². The average Bonchev–Trinajstić information content (AvgIpc) is 2.66. The van der Waals surface area contributed by atoms with Crippen LogP contribution < -0.4 is 0 Å². The first-order chi connectivity index (χ1) is 8.10. The zero-order valence-corrected chi connectivity index (χ0v) is 10.7. The quantitative estimate of drug-likeness (QED) is 0.539. The number of hydrogen-bond acceptors (Lipinski definition) is 4. The smallest absolute Gasteiger partial charge is 0.342 e. The van der Waals surface area contributed by atoms with Crippen LogP contribution in [0.15, 0.2) is 6.20 Å². The molecule has 0 amide bonds. The summed E-state index contributed by atoms with van der Waals surface area (Å²) in [6.07, 6.45) is 2.23. The molecule has 6 nitrogen and oxygen atoms in total. The highest BCUT2D eigenvalue weighted by Crippen LogP contribution is 2.14. The van der Waals surface area contributed by atoms with Crippen LogP contribution in [0.25, 0.3) is 0 Å². The Hall–Kier alpha value is -1.43. The maximum Gasteiger partial charge on any atom is 0.342 e. The van der Waals surface area contributed by atoms with Crippen LogP contribution >= 0.6 is 0 Å². The van der Waals surface area contributed by atoms with Crippen molar-refractivity contribution in [2.24, 2.45) is 0 Å². The third kappa shape index (κ3) is 3.52. The number of nitrogens with zero attached hydrogens (tertiary/aromatic N) is 4. The summed E-state index contributed by atoms with van der Waals surface area (Å²) in [5.74, 6) is 0.790. The average molecular weight is 240 g/mol. The Morgan fingerprint density at radius 2 is 2.12 bits per heavy atom. The highest BCUT2D eigenvalue weighted by Gasteiger charge is 2.16. The van der Waals surface area contributed by atoms with E-state index in [0.717, 1.165) is 26.1 Å². The lowest BCUT2D eigenvalue weighted by Crippen LogP contribution is -2.25. The standard InChI is InChI=1S/C11H20N4O2/c1-4-13(5-2)7-6-8-14-10(3)12-9-11(14)15(16)17/h9H,4-8H2,1-3H3. The van der Waals surface area contributed by atoms with Gasteiger partial charge in [0.1, 0.15) is 6.20 Å². The molecule has 0 saturated carbocycles. The zero-order valence-electron chi connectivity index (χ0n) is 10.7. The van der Waals surface area contributed by atoms with Crippen molar-refractivity contribution in [2.45, 2.75) is 33.7 Å². The molecule has 0 saturated heterocycles. The summed E-state index contributed by atoms with van der Waals surface area (Å²) in [6.45, 7) is 9.68. The summed E-state index contributed by atoms with van der Waals surface area (Å²) in [7, 11) is 0. The fourth-order valence-corrected chi connectivity index (χ4v) is 1.87. The summed E-state index contributed by atoms with van der Waals surface area (Å²) in [5, 5.41) is 10.8. The molecule has 0 unspecified atom stereocenters. The van der Waals surface area contributed by atoms with Crippen molar-refractivity contribution in [3.05, 3.63) is 22.1 Å². The predicted molar refractivity (Wildman–Crippen MR) is 66.0 cm³/mol. The molecule has 0 bridgehead atoms. The monoisotopic (exact) mass is 240 g/mol. The molecular formula is C11H20N4O2. The molecule has 6 heteroatoms. The predicted octanol–water partition coefficient (Wildman–Crippen LogP) is 1.83. The van der Waals surface area contributed by atoms with Crippen LogP contribution in [-0.4, -0.2) is 39.0 Å². The highest BCUT2D eigenvalue weighted by molar-refractivity contribution is 5.18. The van der Waals surface area contributed by atoms with Crippen molar-refractivity contribution in [1.29, 1.82) is 0 Å². The fourth-order valence-electron chi connectivity index (χ4n) is 1.87. The van der Waals surface area contributed by atoms with Gasteiger partial charge in [-0.3, -0.25) is 0 Å². The molecule has 96 valence electrons. The van der Waals surface area contributed by atoms with Crippen molar-refractivity contribution < 1.29 is 4.92 Å². The van der Waals surface area contributed by atoms with Crippen LogP contribution in [0.2, 0.25) is 0 Å². The second-order valence-electron chi connectivity index (χ2n) is 3.95. The van der Waals surface area contributed by atoms with Crippen molar-refractivity contribution in [3.8, 4) is 0 Å². The summed E-state index contributed by atoms with van der Waals surface area (Å²) in [5.41, 5.74) is 0. The molecule has 1 aromatic heterocycles. The van der Waals surface area contributed by atoms with E-state index in [1.54, 1.807) is 11.5 Å². The Balaban J connectivity index is 2.57. The van der Waals surface area contributed by atoms with Gasteiger partial charge in [0.2, 0.25) is 0 Å². The Labute approximate surface area is 101 Å². The first-order valence-corrected chi connectivity index (χ1v) is 5.99. The molecule has 0 fully saturated rings. The van der Waals surface area contributed by atoms with E-state index in [-0.39, 0.29) is 10.7 Å². The Kier molecular flexibility index (Phi) is 5.09. The van der Waals surface area contributed by atoms with Crippen LogP contribution in [0, 0.1) is 17.0 Å². The molecule has 1 heterocycles. The van der Waals surface area contributed by atoms with Crippen LogP contribution in [-0.2, 0) is 6.54 Å². The Morgan fingerprint density at radius 3 is 2.65 bits per heavy atom. The van der Waals surface area contributed by atoms with Crippen molar-refractivity contribution in [1.82, 2.24) is 14.5 Å². The maximum absolute atomic E-state index is 10.8. The lowest BCUT2D eigenvalue weighted by atomic mass is 10.3. The third-order valence-corrected chi connectivity index (χ3v) is 2.97. The van der Waals surface area contributed by atoms with Crippen LogP contribution in [0.3, 0.4) is 0 Å². The summed E-state index contributed by atoms with van der Waals surface area (Å²) < 4.78 is 1.67. The number of aryl methyl sites for hydroxylation is 1. The maximum atomic E-state index is 10.8. The van der Waals surface area contributed by atoms with Crippen LogP contribution in [0.1, 0.15) is 26.1 Å². The van der Waals surface area contributed by atoms with E-state index in [0.29, 0.717) is 12.4 Å². The first-order valence-electron chi connectivity index (χ1n) is 5.99. The van der Waals surface area contributed by atoms with Crippen molar-refractivity contribution >= 4 is 5.82 Å². The molecule has 1 rings (SSSR count). The Bertz CT molecular complexity index is 372. The summed E-state index contributed by atoms with van der Waals surface area (Å²) in [6, 6.07) is 0. The van der Waals surface area contributed by atoms with E-state index in [4.69, 9.17) is 0 Å². The molecular weight excluding hydrogens is 220 g/mol. The number of hydrogen-bond donors (Lipinski definition) is 0. The molecule has 0 aliphatic carbocycles. The van der Waals surface area contributed by atoms with Gasteiger partial charge in [0.25, 0.3) is 0 Å². The van der Waals surface area contributed by atoms with Crippen LogP contribution in [0.4, 0.5) is 5.82 Å². The topological polar surface area (TPSA) is 64.2 Å². The largest absolute Gasteiger partial charge is 0.358 e. The van der Waals surface area contributed by atoms with E-state index in [9.17, 15) is 10.1 Å². The Morgan fingerprint density at radius 1 is 1.47 bits per heavy atom. The second-order valence-corrected chi connectivity index (χ2v) is 3.95. The van der Waals surface area contributed by atoms with Gasteiger partial charge in [-0.15, -0.1) is 0 Å². The minimum atomic E-state index is -0.378. The van der Waals surface area contributed by atoms with Gasteiger partial charge >= 0.3 is 5.82 Å². The van der Waals surface area contributed by atoms with E-state index in [1.165, 1.54) is 6.20 Å². The van der Waals surface area contributed by atoms with E-state index in [2.05, 4.69) is 23.7 Å². The lowest BCUT2D eigenvalue weighted by molar-refractivity contribution is -0.392. The molecule has 0 radical (unpaired) electrons. The molecule has 0 N–H and O–H groups in total. The number of nitro groups is 1. The summed E-state index contributed by atoms with van der Waals surface area (Å²) >= 11 is 0. The molecule has 1 aromatic rings. The minimum Gasteiger partial charge on any atom is -0.358 e.